The van der Waals surface area contributed by atoms with Gasteiger partial charge < -0.3 is 4.74 Å². The smallest absolute Gasteiger partial charge is 0.216 e. The molecule has 1 spiro atoms. The van der Waals surface area contributed by atoms with Gasteiger partial charge in [-0.3, -0.25) is 0 Å². The number of pyridine rings is 1. The van der Waals surface area contributed by atoms with Crippen LogP contribution in [0.3, 0.4) is 0 Å². The number of benzene rings is 5. The van der Waals surface area contributed by atoms with E-state index in [2.05, 4.69) is 108 Å². The maximum Gasteiger partial charge on any atom is 0.216 e. The molecule has 5 aromatic carbocycles. The predicted molar refractivity (Wildman–Crippen MR) is 157 cm³/mol. The predicted octanol–water partition coefficient (Wildman–Crippen LogP) is 5.68. The number of rotatable bonds is 3. The van der Waals surface area contributed by atoms with E-state index >= 15 is 0 Å². The van der Waals surface area contributed by atoms with Crippen LogP contribution in [0.15, 0.2) is 134 Å². The van der Waals surface area contributed by atoms with Gasteiger partial charge in [-0.25, -0.2) is 4.98 Å². The zero-order chi connectivity index (χ0) is 25.1. The molecule has 0 aliphatic carbocycles. The summed E-state index contributed by atoms with van der Waals surface area (Å²) in [5.74, 6) is 1.23. The van der Waals surface area contributed by atoms with Crippen LogP contribution < -0.4 is 25.5 Å². The Hall–Kier alpha value is -4.08. The third-order valence-corrected chi connectivity index (χ3v) is 12.9. The zero-order valence-electron chi connectivity index (χ0n) is 20.9. The Morgan fingerprint density at radius 1 is 0.538 bits per heavy atom. The number of para-hydroxylation sites is 1. The number of hydrogen-bond donors (Lipinski definition) is 0. The molecule has 187 valence electrons. The molecule has 0 saturated heterocycles. The fourth-order valence-corrected chi connectivity index (χ4v) is 12.1. The molecule has 39 heavy (non-hydrogen) atoms. The van der Waals surface area contributed by atoms with E-state index in [1.165, 1.54) is 48.6 Å². The van der Waals surface area contributed by atoms with Crippen LogP contribution in [0.2, 0.25) is 0 Å². The van der Waals surface area contributed by atoms with Crippen LogP contribution in [0.5, 0.6) is 11.6 Å². The summed E-state index contributed by atoms with van der Waals surface area (Å²) >= 11 is 0. The van der Waals surface area contributed by atoms with Crippen LogP contribution in [0.4, 0.5) is 0 Å². The Bertz CT molecular complexity index is 1790. The van der Waals surface area contributed by atoms with Gasteiger partial charge in [0.2, 0.25) is 5.88 Å². The summed E-state index contributed by atoms with van der Waals surface area (Å²) in [6.07, 6.45) is 1.91. The molecule has 0 amide bonds. The molecule has 0 fully saturated rings. The van der Waals surface area contributed by atoms with Crippen molar-refractivity contribution in [1.29, 1.82) is 0 Å². The Kier molecular flexibility index (Phi) is 5.71. The van der Waals surface area contributed by atoms with Gasteiger partial charge in [-0.1, -0.05) is 91.0 Å². The van der Waals surface area contributed by atoms with E-state index in [0.717, 1.165) is 5.56 Å². The summed E-state index contributed by atoms with van der Waals surface area (Å²) in [5.41, 5.74) is 7.74. The van der Waals surface area contributed by atoms with E-state index in [1.807, 2.05) is 36.5 Å². The summed E-state index contributed by atoms with van der Waals surface area (Å²) in [6.45, 7) is 0. The second-order valence-electron chi connectivity index (χ2n) is 9.86. The molecule has 0 saturated carbocycles. The Morgan fingerprint density at radius 3 is 1.67 bits per heavy atom. The third kappa shape index (κ3) is 3.46. The summed E-state index contributed by atoms with van der Waals surface area (Å²) < 4.78 is 5.88. The average Bonchev–Trinajstić information content (AvgIpc) is 3.45. The Balaban J connectivity index is 0.00000253. The number of hydrogen-bond acceptors (Lipinski definition) is 2. The van der Waals surface area contributed by atoms with Crippen LogP contribution in [0.25, 0.3) is 33.4 Å². The summed E-state index contributed by atoms with van der Waals surface area (Å²) in [5, 5.41) is 5.94. The Labute approximate surface area is 242 Å². The number of ether oxygens (including phenoxy) is 1. The average molecular weight is 693 g/mol. The van der Waals surface area contributed by atoms with Crippen molar-refractivity contribution in [2.75, 3.05) is 0 Å². The van der Waals surface area contributed by atoms with Gasteiger partial charge in [0, 0.05) is 43.7 Å². The molecule has 2 aliphatic rings. The molecule has 0 bridgehead atoms. The van der Waals surface area contributed by atoms with Crippen molar-refractivity contribution in [3.63, 3.8) is 0 Å². The normalized spacial score (nSPS) is 13.1. The van der Waals surface area contributed by atoms with Gasteiger partial charge in [-0.2, -0.15) is 18.2 Å². The number of nitrogens with zero attached hydrogens (tertiary/aromatic N) is 1. The summed E-state index contributed by atoms with van der Waals surface area (Å²) in [6, 6.07) is 48.8. The molecule has 1 radical (unpaired) electrons. The summed E-state index contributed by atoms with van der Waals surface area (Å²) in [4.78, 5) is 4.61. The molecule has 2 aliphatic heterocycles. The van der Waals surface area contributed by atoms with Crippen molar-refractivity contribution in [1.82, 2.24) is 4.98 Å². The van der Waals surface area contributed by atoms with E-state index < -0.39 is 8.07 Å². The van der Waals surface area contributed by atoms with Gasteiger partial charge in [0.15, 0.2) is 8.07 Å². The quantitative estimate of drug-likeness (QED) is 0.176. The largest absolute Gasteiger partial charge is 0.466 e. The van der Waals surface area contributed by atoms with Gasteiger partial charge in [0.1, 0.15) is 0 Å². The van der Waals surface area contributed by atoms with Crippen molar-refractivity contribution >= 4 is 28.8 Å². The van der Waals surface area contributed by atoms with E-state index in [-0.39, 0.29) is 20.1 Å². The first-order chi connectivity index (χ1) is 18.8. The van der Waals surface area contributed by atoms with Crippen LogP contribution >= 0.6 is 0 Å². The molecule has 6 aromatic rings. The second kappa shape index (κ2) is 9.28. The molecule has 0 unspecified atom stereocenters. The van der Waals surface area contributed by atoms with E-state index in [9.17, 15) is 0 Å². The SMILES string of the molecule is [Ir].[c-]1ccccc1Oc1ccc(-c2ccc3c(c2)[Si]2(c4ccccc4-c4ccccc42)c2ccccc2-3)cn1. The maximum atomic E-state index is 5.88. The second-order valence-corrected chi connectivity index (χ2v) is 13.5. The van der Waals surface area contributed by atoms with Gasteiger partial charge in [-0.15, -0.1) is 12.1 Å². The van der Waals surface area contributed by atoms with Crippen LogP contribution in [0.1, 0.15) is 0 Å². The first-order valence-electron chi connectivity index (χ1n) is 12.9. The first kappa shape index (κ1) is 24.0. The fraction of sp³-hybridized carbons (Fsp3) is 0. The fourth-order valence-electron chi connectivity index (χ4n) is 6.44. The van der Waals surface area contributed by atoms with E-state index in [1.54, 1.807) is 0 Å². The van der Waals surface area contributed by atoms with Crippen molar-refractivity contribution in [3.05, 3.63) is 140 Å². The molecule has 0 atom stereocenters. The number of aromatic nitrogens is 1. The monoisotopic (exact) mass is 693 g/mol. The van der Waals surface area contributed by atoms with Crippen LogP contribution in [-0.4, -0.2) is 13.1 Å². The van der Waals surface area contributed by atoms with Gasteiger partial charge in [-0.05, 0) is 54.6 Å². The molecule has 1 aromatic heterocycles. The van der Waals surface area contributed by atoms with E-state index in [0.29, 0.717) is 11.6 Å². The van der Waals surface area contributed by atoms with Crippen molar-refractivity contribution in [2.45, 2.75) is 0 Å². The van der Waals surface area contributed by atoms with Crippen molar-refractivity contribution in [2.24, 2.45) is 0 Å². The van der Waals surface area contributed by atoms with Crippen LogP contribution in [-0.2, 0) is 20.1 Å². The minimum absolute atomic E-state index is 0. The molecular weight excluding hydrogens is 671 g/mol. The van der Waals surface area contributed by atoms with Gasteiger partial charge in [0.25, 0.3) is 0 Å². The van der Waals surface area contributed by atoms with Gasteiger partial charge >= 0.3 is 0 Å². The van der Waals surface area contributed by atoms with Crippen molar-refractivity contribution in [3.8, 4) is 45.0 Å². The third-order valence-electron chi connectivity index (χ3n) is 7.96. The molecule has 0 N–H and O–H groups in total. The minimum Gasteiger partial charge on any atom is -0.466 e. The topological polar surface area (TPSA) is 22.1 Å². The standard InChI is InChI=1S/C35H22NOSi.Ir/c1-2-10-26(11-3-1)37-35-21-19-25(23-36-35)24-18-20-30-29-14-6-9-17-33(29)38(34(30)22-24)31-15-7-4-12-27(31)28-13-5-8-16-32(28)38;/h1-10,12-23H;/q-1;. The summed E-state index contributed by atoms with van der Waals surface area (Å²) in [7, 11) is -2.43. The maximum absolute atomic E-state index is 5.88. The molecule has 4 heteroatoms. The number of fused-ring (bicyclic) bond motifs is 10. The molecular formula is C35H22IrNOSi-. The zero-order valence-corrected chi connectivity index (χ0v) is 24.3. The van der Waals surface area contributed by atoms with Gasteiger partial charge in [0.05, 0.1) is 0 Å². The van der Waals surface area contributed by atoms with Crippen LogP contribution in [0, 0.1) is 6.07 Å². The Morgan fingerprint density at radius 2 is 1.10 bits per heavy atom. The van der Waals surface area contributed by atoms with Crippen molar-refractivity contribution < 1.29 is 24.8 Å². The first-order valence-corrected chi connectivity index (χ1v) is 14.9. The molecule has 2 nitrogen and oxygen atoms in total. The molecule has 8 rings (SSSR count). The minimum atomic E-state index is -2.43. The molecule has 3 heterocycles. The van der Waals surface area contributed by atoms with E-state index in [4.69, 9.17) is 4.74 Å².